The zero-order valence-electron chi connectivity index (χ0n) is 24.9. The summed E-state index contributed by atoms with van der Waals surface area (Å²) in [7, 11) is 3.81. The number of hydrogen-bond acceptors (Lipinski definition) is 5. The van der Waals surface area contributed by atoms with E-state index in [-0.39, 0.29) is 11.1 Å². The molecule has 0 unspecified atom stereocenters. The highest BCUT2D eigenvalue weighted by molar-refractivity contribution is 5.81. The van der Waals surface area contributed by atoms with Gasteiger partial charge in [-0.05, 0) is 85.8 Å². The van der Waals surface area contributed by atoms with Crippen LogP contribution in [0.3, 0.4) is 0 Å². The Morgan fingerprint density at radius 3 is 2.41 bits per heavy atom. The molecular weight excluding hydrogens is 510 g/mol. The summed E-state index contributed by atoms with van der Waals surface area (Å²) in [5, 5.41) is 14.6. The lowest BCUT2D eigenvalue weighted by Crippen LogP contribution is -2.17. The predicted molar refractivity (Wildman–Crippen MR) is 163 cm³/mol. The fourth-order valence-electron chi connectivity index (χ4n) is 5.45. The average molecular weight is 548 g/mol. The van der Waals surface area contributed by atoms with Gasteiger partial charge in [-0.15, -0.1) is 0 Å². The predicted octanol–water partition coefficient (Wildman–Crippen LogP) is 5.82. The number of imidazole rings is 1. The molecule has 2 aromatic carbocycles. The van der Waals surface area contributed by atoms with E-state index in [2.05, 4.69) is 92.2 Å². The van der Waals surface area contributed by atoms with Crippen molar-refractivity contribution in [2.45, 2.75) is 54.1 Å². The number of aromatic nitrogens is 5. The lowest BCUT2D eigenvalue weighted by atomic mass is 9.87. The molecule has 8 nitrogen and oxygen atoms in total. The van der Waals surface area contributed by atoms with E-state index in [1.165, 1.54) is 10.1 Å². The lowest BCUT2D eigenvalue weighted by Gasteiger charge is -2.20. The third kappa shape index (κ3) is 6.01. The largest absolute Gasteiger partial charge is 0.327 e. The molecule has 210 valence electrons. The first-order chi connectivity index (χ1) is 19.4. The van der Waals surface area contributed by atoms with Gasteiger partial charge in [-0.3, -0.25) is 9.47 Å². The molecule has 0 saturated heterocycles. The Hall–Kier alpha value is -4.48. The van der Waals surface area contributed by atoms with Gasteiger partial charge in [0, 0.05) is 31.4 Å². The Bertz CT molecular complexity index is 1840. The number of nitrogens with one attached hydrogen (secondary N) is 1. The number of rotatable bonds is 7. The SMILES string of the molecule is Cc1cc(C)n(-c2cccc(CN(C)Cc3ccc(C#N)c(-c4cc(CC(C)(C)C)c5[nH]c(=O)n(C)c5n4)c3)c2)n1. The quantitative estimate of drug-likeness (QED) is 0.277. The Morgan fingerprint density at radius 1 is 1.02 bits per heavy atom. The maximum absolute atomic E-state index is 12.5. The van der Waals surface area contributed by atoms with Crippen molar-refractivity contribution in [3.8, 4) is 23.0 Å². The van der Waals surface area contributed by atoms with E-state index in [1.54, 1.807) is 7.05 Å². The second kappa shape index (κ2) is 10.8. The standard InChI is InChI=1S/C33H37N7O/c1-21-13-22(2)40(37-21)27-10-8-9-23(14-27)19-38(6)20-24-11-12-25(18-34)28(15-24)29-16-26(17-33(3,4)5)30-31(35-29)39(7)32(41)36-30/h8-16H,17,19-20H2,1-7H3,(H,36,41). The minimum atomic E-state index is -0.197. The van der Waals surface area contributed by atoms with E-state index in [1.807, 2.05) is 29.8 Å². The van der Waals surface area contributed by atoms with Gasteiger partial charge >= 0.3 is 5.69 Å². The van der Waals surface area contributed by atoms with Crippen molar-refractivity contribution in [2.24, 2.45) is 12.5 Å². The van der Waals surface area contributed by atoms with Crippen molar-refractivity contribution >= 4 is 11.2 Å². The molecule has 0 radical (unpaired) electrons. The van der Waals surface area contributed by atoms with E-state index < -0.39 is 0 Å². The van der Waals surface area contributed by atoms with E-state index in [9.17, 15) is 10.1 Å². The third-order valence-electron chi connectivity index (χ3n) is 7.21. The van der Waals surface area contributed by atoms with Gasteiger partial charge in [0.15, 0.2) is 5.65 Å². The Morgan fingerprint density at radius 2 is 1.76 bits per heavy atom. The minimum Gasteiger partial charge on any atom is -0.304 e. The molecule has 5 aromatic rings. The summed E-state index contributed by atoms with van der Waals surface area (Å²) in [4.78, 5) is 22.6. The van der Waals surface area contributed by atoms with Crippen LogP contribution in [0.1, 0.15) is 54.4 Å². The van der Waals surface area contributed by atoms with Gasteiger partial charge in [0.25, 0.3) is 0 Å². The molecule has 0 fully saturated rings. The number of hydrogen-bond donors (Lipinski definition) is 1. The van der Waals surface area contributed by atoms with E-state index >= 15 is 0 Å². The first-order valence-electron chi connectivity index (χ1n) is 13.8. The molecule has 0 aliphatic rings. The van der Waals surface area contributed by atoms with Crippen LogP contribution >= 0.6 is 0 Å². The number of aryl methyl sites for hydroxylation is 3. The van der Waals surface area contributed by atoms with Crippen LogP contribution in [0.2, 0.25) is 0 Å². The van der Waals surface area contributed by atoms with Crippen LogP contribution in [0.15, 0.2) is 59.4 Å². The number of aromatic amines is 1. The van der Waals surface area contributed by atoms with Gasteiger partial charge in [0.2, 0.25) is 0 Å². The highest BCUT2D eigenvalue weighted by atomic mass is 16.1. The summed E-state index contributed by atoms with van der Waals surface area (Å²) in [5.41, 5.74) is 9.65. The van der Waals surface area contributed by atoms with Crippen molar-refractivity contribution in [3.05, 3.63) is 98.7 Å². The highest BCUT2D eigenvalue weighted by Crippen LogP contribution is 2.31. The van der Waals surface area contributed by atoms with Crippen LogP contribution < -0.4 is 5.69 Å². The van der Waals surface area contributed by atoms with Crippen LogP contribution in [0.4, 0.5) is 0 Å². The van der Waals surface area contributed by atoms with Crippen molar-refractivity contribution < 1.29 is 0 Å². The van der Waals surface area contributed by atoms with Gasteiger partial charge in [-0.25, -0.2) is 14.5 Å². The van der Waals surface area contributed by atoms with Gasteiger partial charge in [0.05, 0.1) is 34.2 Å². The topological polar surface area (TPSA) is 95.5 Å². The maximum atomic E-state index is 12.5. The number of H-pyrrole nitrogens is 1. The molecule has 3 heterocycles. The normalized spacial score (nSPS) is 11.9. The Labute approximate surface area is 240 Å². The summed E-state index contributed by atoms with van der Waals surface area (Å²) in [6, 6.07) is 20.8. The van der Waals surface area contributed by atoms with E-state index in [4.69, 9.17) is 4.98 Å². The molecule has 3 aromatic heterocycles. The molecule has 0 amide bonds. The Balaban J connectivity index is 1.45. The van der Waals surface area contributed by atoms with E-state index in [0.29, 0.717) is 23.4 Å². The smallest absolute Gasteiger partial charge is 0.304 e. The number of pyridine rings is 1. The summed E-state index contributed by atoms with van der Waals surface area (Å²) in [5.74, 6) is 0. The first kappa shape index (κ1) is 28.1. The molecule has 0 aliphatic heterocycles. The summed E-state index contributed by atoms with van der Waals surface area (Å²) >= 11 is 0. The zero-order chi connectivity index (χ0) is 29.5. The first-order valence-corrected chi connectivity index (χ1v) is 13.8. The molecule has 0 aliphatic carbocycles. The second-order valence-corrected chi connectivity index (χ2v) is 12.3. The minimum absolute atomic E-state index is 0.00709. The van der Waals surface area contributed by atoms with Crippen molar-refractivity contribution in [2.75, 3.05) is 7.05 Å². The average Bonchev–Trinajstić information content (AvgIpc) is 3.40. The molecular formula is C33H37N7O. The third-order valence-corrected chi connectivity index (χ3v) is 7.21. The molecule has 8 heteroatoms. The van der Waals surface area contributed by atoms with Crippen LogP contribution in [0, 0.1) is 30.6 Å². The molecule has 1 N–H and O–H groups in total. The van der Waals surface area contributed by atoms with Crippen LogP contribution in [0.5, 0.6) is 0 Å². The summed E-state index contributed by atoms with van der Waals surface area (Å²) < 4.78 is 3.51. The van der Waals surface area contributed by atoms with Gasteiger partial charge < -0.3 is 4.98 Å². The van der Waals surface area contributed by atoms with Crippen LogP contribution in [0.25, 0.3) is 28.1 Å². The fourth-order valence-corrected chi connectivity index (χ4v) is 5.45. The highest BCUT2D eigenvalue weighted by Gasteiger charge is 2.20. The Kier molecular flexibility index (Phi) is 7.41. The van der Waals surface area contributed by atoms with Gasteiger partial charge in [-0.2, -0.15) is 10.4 Å². The van der Waals surface area contributed by atoms with Crippen molar-refractivity contribution in [3.63, 3.8) is 0 Å². The maximum Gasteiger partial charge on any atom is 0.327 e. The lowest BCUT2D eigenvalue weighted by molar-refractivity contribution is 0.319. The molecule has 0 saturated carbocycles. The van der Waals surface area contributed by atoms with Crippen molar-refractivity contribution in [1.82, 2.24) is 29.2 Å². The molecule has 0 spiro atoms. The number of nitriles is 1. The molecule has 41 heavy (non-hydrogen) atoms. The zero-order valence-corrected chi connectivity index (χ0v) is 24.9. The summed E-state index contributed by atoms with van der Waals surface area (Å²) in [6.45, 7) is 12.0. The van der Waals surface area contributed by atoms with Crippen LogP contribution in [-0.2, 0) is 26.6 Å². The monoisotopic (exact) mass is 547 g/mol. The van der Waals surface area contributed by atoms with Crippen LogP contribution in [-0.4, -0.2) is 36.3 Å². The number of benzene rings is 2. The van der Waals surface area contributed by atoms with Gasteiger partial charge in [0.1, 0.15) is 0 Å². The van der Waals surface area contributed by atoms with Crippen molar-refractivity contribution in [1.29, 1.82) is 5.26 Å². The summed E-state index contributed by atoms with van der Waals surface area (Å²) in [6.07, 6.45) is 0.764. The fraction of sp³-hybridized carbons (Fsp3) is 0.333. The second-order valence-electron chi connectivity index (χ2n) is 12.3. The number of fused-ring (bicyclic) bond motifs is 1. The molecule has 0 atom stereocenters. The number of nitrogens with zero attached hydrogens (tertiary/aromatic N) is 6. The molecule has 5 rings (SSSR count). The molecule has 0 bridgehead atoms. The van der Waals surface area contributed by atoms with E-state index in [0.717, 1.165) is 52.2 Å². The van der Waals surface area contributed by atoms with Gasteiger partial charge in [-0.1, -0.05) is 39.0 Å².